The van der Waals surface area contributed by atoms with Gasteiger partial charge in [0.25, 0.3) is 0 Å². The number of rotatable bonds is 2. The van der Waals surface area contributed by atoms with Crippen molar-refractivity contribution in [1.82, 2.24) is 9.71 Å². The van der Waals surface area contributed by atoms with Gasteiger partial charge in [-0.2, -0.15) is 4.73 Å². The number of aromatic nitrogens is 2. The summed E-state index contributed by atoms with van der Waals surface area (Å²) in [6, 6.07) is 9.73. The van der Waals surface area contributed by atoms with E-state index >= 15 is 0 Å². The maximum absolute atomic E-state index is 6.08. The molecule has 0 saturated carbocycles. The van der Waals surface area contributed by atoms with Crippen LogP contribution in [0.3, 0.4) is 0 Å². The molecule has 96 valence electrons. The average Bonchev–Trinajstić information content (AvgIpc) is 2.72. The van der Waals surface area contributed by atoms with Crippen molar-refractivity contribution in [2.45, 2.75) is 6.92 Å². The first-order valence-electron chi connectivity index (χ1n) is 5.98. The standard InChI is InChI=1S/C15H13ClN2O/c1-10-13-8-12(16)5-6-14(13)18(19-2)15(10)11-4-3-7-17-9-11/h3-9H,1-2H3. The highest BCUT2D eigenvalue weighted by atomic mass is 35.5. The van der Waals surface area contributed by atoms with E-state index in [9.17, 15) is 0 Å². The molecule has 2 aromatic heterocycles. The molecule has 0 fully saturated rings. The van der Waals surface area contributed by atoms with Crippen molar-refractivity contribution in [3.05, 3.63) is 53.3 Å². The smallest absolute Gasteiger partial charge is 0.104 e. The lowest BCUT2D eigenvalue weighted by atomic mass is 10.1. The van der Waals surface area contributed by atoms with E-state index < -0.39 is 0 Å². The molecule has 2 heterocycles. The average molecular weight is 273 g/mol. The van der Waals surface area contributed by atoms with Gasteiger partial charge in [-0.15, -0.1) is 0 Å². The zero-order valence-corrected chi connectivity index (χ0v) is 11.5. The van der Waals surface area contributed by atoms with E-state index in [2.05, 4.69) is 11.9 Å². The molecule has 0 saturated heterocycles. The third kappa shape index (κ3) is 1.87. The molecule has 0 amide bonds. The summed E-state index contributed by atoms with van der Waals surface area (Å²) in [5.74, 6) is 0. The van der Waals surface area contributed by atoms with Crippen molar-refractivity contribution in [1.29, 1.82) is 0 Å². The number of pyridine rings is 1. The molecule has 0 N–H and O–H groups in total. The van der Waals surface area contributed by atoms with Crippen LogP contribution in [0.2, 0.25) is 5.02 Å². The topological polar surface area (TPSA) is 27.1 Å². The fraction of sp³-hybridized carbons (Fsp3) is 0.133. The van der Waals surface area contributed by atoms with Gasteiger partial charge in [-0.3, -0.25) is 4.98 Å². The molecule has 0 spiro atoms. The third-order valence-electron chi connectivity index (χ3n) is 3.26. The molecule has 0 unspecified atom stereocenters. The molecule has 0 atom stereocenters. The van der Waals surface area contributed by atoms with Crippen LogP contribution >= 0.6 is 11.6 Å². The Morgan fingerprint density at radius 2 is 2.11 bits per heavy atom. The van der Waals surface area contributed by atoms with Crippen LogP contribution in [0.4, 0.5) is 0 Å². The van der Waals surface area contributed by atoms with Gasteiger partial charge in [-0.25, -0.2) is 0 Å². The van der Waals surface area contributed by atoms with E-state index in [0.29, 0.717) is 0 Å². The van der Waals surface area contributed by atoms with Crippen LogP contribution in [-0.4, -0.2) is 16.8 Å². The molecule has 0 radical (unpaired) electrons. The highest BCUT2D eigenvalue weighted by Gasteiger charge is 2.16. The van der Waals surface area contributed by atoms with Gasteiger partial charge in [0, 0.05) is 28.4 Å². The van der Waals surface area contributed by atoms with E-state index in [0.717, 1.165) is 32.7 Å². The van der Waals surface area contributed by atoms with E-state index in [1.807, 2.05) is 41.3 Å². The van der Waals surface area contributed by atoms with Crippen LogP contribution in [0, 0.1) is 6.92 Å². The molecule has 0 aliphatic carbocycles. The van der Waals surface area contributed by atoms with Crippen molar-refractivity contribution in [3.63, 3.8) is 0 Å². The van der Waals surface area contributed by atoms with Gasteiger partial charge >= 0.3 is 0 Å². The first-order valence-corrected chi connectivity index (χ1v) is 6.35. The Balaban J connectivity index is 2.39. The Labute approximate surface area is 116 Å². The van der Waals surface area contributed by atoms with Gasteiger partial charge in [0.2, 0.25) is 0 Å². The SMILES string of the molecule is COn1c(-c2cccnc2)c(C)c2cc(Cl)ccc21. The summed E-state index contributed by atoms with van der Waals surface area (Å²) in [4.78, 5) is 9.69. The summed E-state index contributed by atoms with van der Waals surface area (Å²) < 4.78 is 1.82. The molecule has 0 aliphatic heterocycles. The summed E-state index contributed by atoms with van der Waals surface area (Å²) in [5.41, 5.74) is 4.16. The molecule has 1 aromatic carbocycles. The predicted octanol–water partition coefficient (Wildman–Crippen LogP) is 3.72. The van der Waals surface area contributed by atoms with Crippen LogP contribution in [0.5, 0.6) is 0 Å². The maximum atomic E-state index is 6.08. The lowest BCUT2D eigenvalue weighted by Gasteiger charge is -2.08. The van der Waals surface area contributed by atoms with Gasteiger partial charge in [-0.05, 0) is 42.8 Å². The molecule has 3 nitrogen and oxygen atoms in total. The number of fused-ring (bicyclic) bond motifs is 1. The Morgan fingerprint density at radius 3 is 2.79 bits per heavy atom. The Kier molecular flexibility index (Phi) is 2.91. The van der Waals surface area contributed by atoms with Crippen molar-refractivity contribution < 1.29 is 4.84 Å². The number of nitrogens with zero attached hydrogens (tertiary/aromatic N) is 2. The number of halogens is 1. The van der Waals surface area contributed by atoms with E-state index in [4.69, 9.17) is 16.4 Å². The molecular formula is C15H13ClN2O. The van der Waals surface area contributed by atoms with Crippen LogP contribution in [0.1, 0.15) is 5.56 Å². The van der Waals surface area contributed by atoms with Gasteiger partial charge in [0.15, 0.2) is 0 Å². The van der Waals surface area contributed by atoms with Crippen LogP contribution < -0.4 is 4.84 Å². The molecule has 3 rings (SSSR count). The molecule has 4 heteroatoms. The monoisotopic (exact) mass is 272 g/mol. The van der Waals surface area contributed by atoms with Crippen molar-refractivity contribution in [2.75, 3.05) is 7.11 Å². The minimum atomic E-state index is 0.724. The number of hydrogen-bond acceptors (Lipinski definition) is 2. The number of benzene rings is 1. The molecule has 0 bridgehead atoms. The minimum absolute atomic E-state index is 0.724. The normalized spacial score (nSPS) is 10.9. The zero-order valence-electron chi connectivity index (χ0n) is 10.7. The zero-order chi connectivity index (χ0) is 13.4. The Hall–Kier alpha value is -2.00. The maximum Gasteiger partial charge on any atom is 0.104 e. The number of aryl methyl sites for hydroxylation is 1. The van der Waals surface area contributed by atoms with Crippen molar-refractivity contribution >= 4 is 22.5 Å². The van der Waals surface area contributed by atoms with E-state index in [1.165, 1.54) is 0 Å². The van der Waals surface area contributed by atoms with E-state index in [1.54, 1.807) is 13.3 Å². The molecular weight excluding hydrogens is 260 g/mol. The van der Waals surface area contributed by atoms with Gasteiger partial charge < -0.3 is 4.84 Å². The Morgan fingerprint density at radius 1 is 1.26 bits per heavy atom. The highest BCUT2D eigenvalue weighted by molar-refractivity contribution is 6.31. The number of hydrogen-bond donors (Lipinski definition) is 0. The summed E-state index contributed by atoms with van der Waals surface area (Å²) in [7, 11) is 1.66. The quantitative estimate of drug-likeness (QED) is 0.711. The lowest BCUT2D eigenvalue weighted by Crippen LogP contribution is -2.07. The summed E-state index contributed by atoms with van der Waals surface area (Å²) in [6.45, 7) is 2.07. The molecule has 0 aliphatic rings. The highest BCUT2D eigenvalue weighted by Crippen LogP contribution is 2.33. The first kappa shape index (κ1) is 12.1. The second kappa shape index (κ2) is 4.59. The fourth-order valence-corrected chi connectivity index (χ4v) is 2.58. The second-order valence-electron chi connectivity index (χ2n) is 4.35. The predicted molar refractivity (Wildman–Crippen MR) is 77.4 cm³/mol. The Bertz CT molecular complexity index is 735. The molecule has 3 aromatic rings. The van der Waals surface area contributed by atoms with Crippen molar-refractivity contribution in [2.24, 2.45) is 0 Å². The summed E-state index contributed by atoms with van der Waals surface area (Å²) in [5, 5.41) is 1.81. The van der Waals surface area contributed by atoms with Gasteiger partial charge in [-0.1, -0.05) is 11.6 Å². The summed E-state index contributed by atoms with van der Waals surface area (Å²) in [6.07, 6.45) is 3.59. The van der Waals surface area contributed by atoms with Crippen LogP contribution in [0.25, 0.3) is 22.2 Å². The van der Waals surface area contributed by atoms with Crippen molar-refractivity contribution in [3.8, 4) is 11.3 Å². The van der Waals surface area contributed by atoms with E-state index in [-0.39, 0.29) is 0 Å². The molecule has 19 heavy (non-hydrogen) atoms. The van der Waals surface area contributed by atoms with Gasteiger partial charge in [0.05, 0.1) is 11.2 Å². The second-order valence-corrected chi connectivity index (χ2v) is 4.79. The lowest BCUT2D eigenvalue weighted by molar-refractivity contribution is 0.183. The van der Waals surface area contributed by atoms with Crippen LogP contribution in [-0.2, 0) is 0 Å². The van der Waals surface area contributed by atoms with Gasteiger partial charge in [0.1, 0.15) is 7.11 Å². The van der Waals surface area contributed by atoms with Crippen LogP contribution in [0.15, 0.2) is 42.7 Å². The fourth-order valence-electron chi connectivity index (χ4n) is 2.41. The third-order valence-corrected chi connectivity index (χ3v) is 3.49. The summed E-state index contributed by atoms with van der Waals surface area (Å²) >= 11 is 6.08. The largest absolute Gasteiger partial charge is 0.416 e. The first-order chi connectivity index (χ1) is 9.22. The minimum Gasteiger partial charge on any atom is -0.416 e.